The minimum atomic E-state index is -0.231. The maximum absolute atomic E-state index is 12.1. The topological polar surface area (TPSA) is 58.1 Å². The van der Waals surface area contributed by atoms with Crippen LogP contribution in [-0.2, 0) is 0 Å². The average molecular weight is 303 g/mol. The molecular weight excluding hydrogens is 288 g/mol. The molecule has 0 aliphatic carbocycles. The third-order valence-corrected chi connectivity index (χ3v) is 3.64. The molecule has 1 aromatic heterocycles. The molecule has 2 heterocycles. The van der Waals surface area contributed by atoms with Crippen molar-refractivity contribution < 1.29 is 4.79 Å². The molecule has 1 aliphatic heterocycles. The summed E-state index contributed by atoms with van der Waals surface area (Å²) >= 11 is 5.81. The Morgan fingerprint density at radius 1 is 1.10 bits per heavy atom. The minimum absolute atomic E-state index is 0.231. The van der Waals surface area contributed by atoms with Crippen LogP contribution in [-0.4, -0.2) is 29.0 Å². The van der Waals surface area contributed by atoms with Gasteiger partial charge in [0.25, 0.3) is 5.91 Å². The van der Waals surface area contributed by atoms with Gasteiger partial charge in [-0.25, -0.2) is 9.97 Å². The van der Waals surface area contributed by atoms with Gasteiger partial charge in [-0.2, -0.15) is 0 Å². The number of carbonyl (C=O) groups is 1. The molecule has 108 valence electrons. The van der Waals surface area contributed by atoms with E-state index in [0.717, 1.165) is 13.1 Å². The molecule has 2 aromatic rings. The van der Waals surface area contributed by atoms with Crippen molar-refractivity contribution in [1.82, 2.24) is 9.97 Å². The summed E-state index contributed by atoms with van der Waals surface area (Å²) in [6.07, 6.45) is 5.46. The van der Waals surface area contributed by atoms with Crippen molar-refractivity contribution in [2.24, 2.45) is 0 Å². The Balaban J connectivity index is 1.68. The predicted octanol–water partition coefficient (Wildman–Crippen LogP) is 2.98. The van der Waals surface area contributed by atoms with Gasteiger partial charge in [0.1, 0.15) is 0 Å². The molecule has 0 saturated carbocycles. The van der Waals surface area contributed by atoms with Crippen molar-refractivity contribution in [1.29, 1.82) is 0 Å². The summed E-state index contributed by atoms with van der Waals surface area (Å²) in [4.78, 5) is 22.8. The lowest BCUT2D eigenvalue weighted by Crippen LogP contribution is -2.21. The van der Waals surface area contributed by atoms with Gasteiger partial charge >= 0.3 is 0 Å². The lowest BCUT2D eigenvalue weighted by Gasteiger charge is -2.14. The van der Waals surface area contributed by atoms with E-state index >= 15 is 0 Å². The van der Waals surface area contributed by atoms with E-state index in [0.29, 0.717) is 22.2 Å². The van der Waals surface area contributed by atoms with Gasteiger partial charge < -0.3 is 10.2 Å². The van der Waals surface area contributed by atoms with Crippen LogP contribution in [0.25, 0.3) is 0 Å². The molecule has 0 unspecified atom stereocenters. The summed E-state index contributed by atoms with van der Waals surface area (Å²) in [7, 11) is 0. The Labute approximate surface area is 128 Å². The molecule has 1 N–H and O–H groups in total. The van der Waals surface area contributed by atoms with Gasteiger partial charge in [0.05, 0.1) is 5.56 Å². The number of anilines is 2. The number of halogens is 1. The van der Waals surface area contributed by atoms with Gasteiger partial charge in [0.2, 0.25) is 5.95 Å². The van der Waals surface area contributed by atoms with Gasteiger partial charge in [-0.15, -0.1) is 0 Å². The SMILES string of the molecule is O=C(Nc1ccc(Cl)cc1)c1cnc(N2CCCC2)nc1. The molecular formula is C15H15ClN4O. The number of aromatic nitrogens is 2. The van der Waals surface area contributed by atoms with Crippen LogP contribution >= 0.6 is 11.6 Å². The molecule has 1 aromatic carbocycles. The zero-order valence-corrected chi connectivity index (χ0v) is 12.2. The van der Waals surface area contributed by atoms with E-state index < -0.39 is 0 Å². The first-order valence-electron chi connectivity index (χ1n) is 6.86. The summed E-state index contributed by atoms with van der Waals surface area (Å²) in [6.45, 7) is 1.96. The average Bonchev–Trinajstić information content (AvgIpc) is 3.04. The minimum Gasteiger partial charge on any atom is -0.341 e. The summed E-state index contributed by atoms with van der Waals surface area (Å²) in [5, 5.41) is 3.41. The monoisotopic (exact) mass is 302 g/mol. The zero-order valence-electron chi connectivity index (χ0n) is 11.4. The Morgan fingerprint density at radius 3 is 2.33 bits per heavy atom. The fourth-order valence-electron chi connectivity index (χ4n) is 2.26. The molecule has 0 radical (unpaired) electrons. The fourth-order valence-corrected chi connectivity index (χ4v) is 2.38. The van der Waals surface area contributed by atoms with Crippen LogP contribution in [0, 0.1) is 0 Å². The van der Waals surface area contributed by atoms with E-state index in [-0.39, 0.29) is 5.91 Å². The number of hydrogen-bond acceptors (Lipinski definition) is 4. The van der Waals surface area contributed by atoms with Gasteiger partial charge in [-0.1, -0.05) is 11.6 Å². The number of nitrogens with zero attached hydrogens (tertiary/aromatic N) is 3. The van der Waals surface area contributed by atoms with E-state index in [4.69, 9.17) is 11.6 Å². The number of hydrogen-bond donors (Lipinski definition) is 1. The second kappa shape index (κ2) is 6.10. The standard InChI is InChI=1S/C15H15ClN4O/c16-12-3-5-13(6-4-12)19-14(21)11-9-17-15(18-10-11)20-7-1-2-8-20/h3-6,9-10H,1-2,7-8H2,(H,19,21). The first-order valence-corrected chi connectivity index (χ1v) is 7.24. The molecule has 5 nitrogen and oxygen atoms in total. The lowest BCUT2D eigenvalue weighted by atomic mass is 10.3. The fraction of sp³-hybridized carbons (Fsp3) is 0.267. The van der Waals surface area contributed by atoms with Crippen molar-refractivity contribution in [2.45, 2.75) is 12.8 Å². The maximum Gasteiger partial charge on any atom is 0.258 e. The molecule has 0 spiro atoms. The van der Waals surface area contributed by atoms with Gasteiger partial charge in [0, 0.05) is 36.2 Å². The summed E-state index contributed by atoms with van der Waals surface area (Å²) in [6, 6.07) is 6.95. The number of rotatable bonds is 3. The Kier molecular flexibility index (Phi) is 4.01. The molecule has 0 atom stereocenters. The number of benzene rings is 1. The van der Waals surface area contributed by atoms with Gasteiger partial charge in [-0.05, 0) is 37.1 Å². The van der Waals surface area contributed by atoms with Crippen LogP contribution in [0.1, 0.15) is 23.2 Å². The van der Waals surface area contributed by atoms with Crippen molar-refractivity contribution in [2.75, 3.05) is 23.3 Å². The first-order chi connectivity index (χ1) is 10.2. The largest absolute Gasteiger partial charge is 0.341 e. The molecule has 6 heteroatoms. The summed E-state index contributed by atoms with van der Waals surface area (Å²) < 4.78 is 0. The number of amides is 1. The highest BCUT2D eigenvalue weighted by atomic mass is 35.5. The van der Waals surface area contributed by atoms with Crippen LogP contribution in [0.2, 0.25) is 5.02 Å². The van der Waals surface area contributed by atoms with Crippen LogP contribution in [0.15, 0.2) is 36.7 Å². The summed E-state index contributed by atoms with van der Waals surface area (Å²) in [5.74, 6) is 0.459. The van der Waals surface area contributed by atoms with Gasteiger partial charge in [-0.3, -0.25) is 4.79 Å². The van der Waals surface area contributed by atoms with Crippen LogP contribution in [0.5, 0.6) is 0 Å². The second-order valence-corrected chi connectivity index (χ2v) is 5.36. The molecule has 1 aliphatic rings. The second-order valence-electron chi connectivity index (χ2n) is 4.93. The highest BCUT2D eigenvalue weighted by Crippen LogP contribution is 2.16. The molecule has 3 rings (SSSR count). The van der Waals surface area contributed by atoms with Crippen molar-refractivity contribution in [3.8, 4) is 0 Å². The Bertz CT molecular complexity index is 621. The maximum atomic E-state index is 12.1. The highest BCUT2D eigenvalue weighted by molar-refractivity contribution is 6.30. The van der Waals surface area contributed by atoms with E-state index in [1.807, 2.05) is 0 Å². The Hall–Kier alpha value is -2.14. The first kappa shape index (κ1) is 13.8. The van der Waals surface area contributed by atoms with Crippen LogP contribution < -0.4 is 10.2 Å². The molecule has 1 amide bonds. The normalized spacial score (nSPS) is 14.2. The number of nitrogens with one attached hydrogen (secondary N) is 1. The molecule has 1 saturated heterocycles. The third-order valence-electron chi connectivity index (χ3n) is 3.39. The van der Waals surface area contributed by atoms with Crippen molar-refractivity contribution in [3.63, 3.8) is 0 Å². The van der Waals surface area contributed by atoms with Crippen LogP contribution in [0.3, 0.4) is 0 Å². The summed E-state index contributed by atoms with van der Waals surface area (Å²) in [5.41, 5.74) is 1.13. The quantitative estimate of drug-likeness (QED) is 0.947. The Morgan fingerprint density at radius 2 is 1.71 bits per heavy atom. The smallest absolute Gasteiger partial charge is 0.258 e. The lowest BCUT2D eigenvalue weighted by molar-refractivity contribution is 0.102. The third kappa shape index (κ3) is 3.31. The van der Waals surface area contributed by atoms with E-state index in [1.165, 1.54) is 12.8 Å². The zero-order chi connectivity index (χ0) is 14.7. The van der Waals surface area contributed by atoms with Crippen LogP contribution in [0.4, 0.5) is 11.6 Å². The van der Waals surface area contributed by atoms with Gasteiger partial charge in [0.15, 0.2) is 0 Å². The van der Waals surface area contributed by atoms with Crippen molar-refractivity contribution in [3.05, 3.63) is 47.2 Å². The molecule has 1 fully saturated rings. The predicted molar refractivity (Wildman–Crippen MR) is 82.9 cm³/mol. The van der Waals surface area contributed by atoms with E-state index in [2.05, 4.69) is 20.2 Å². The van der Waals surface area contributed by atoms with Crippen molar-refractivity contribution >= 4 is 29.1 Å². The van der Waals surface area contributed by atoms with E-state index in [9.17, 15) is 4.79 Å². The van der Waals surface area contributed by atoms with E-state index in [1.54, 1.807) is 36.7 Å². The number of carbonyl (C=O) groups excluding carboxylic acids is 1. The molecule has 0 bridgehead atoms. The molecule has 21 heavy (non-hydrogen) atoms. The highest BCUT2D eigenvalue weighted by Gasteiger charge is 2.15.